The quantitative estimate of drug-likeness (QED) is 0.775. The van der Waals surface area contributed by atoms with Crippen molar-refractivity contribution >= 4 is 5.69 Å². The molecule has 1 aromatic rings. The Hall–Kier alpha value is -1.77. The van der Waals surface area contributed by atoms with Gasteiger partial charge in [0.15, 0.2) is 0 Å². The van der Waals surface area contributed by atoms with E-state index < -0.39 is 18.5 Å². The first-order valence-electron chi connectivity index (χ1n) is 5.39. The third kappa shape index (κ3) is 3.62. The smallest absolute Gasteiger partial charge is 0.361 e. The van der Waals surface area contributed by atoms with Crippen LogP contribution in [0.15, 0.2) is 18.2 Å². The zero-order chi connectivity index (χ0) is 13.8. The van der Waals surface area contributed by atoms with Crippen LogP contribution in [-0.4, -0.2) is 19.3 Å². The van der Waals surface area contributed by atoms with Crippen LogP contribution in [0, 0.1) is 17.1 Å². The summed E-state index contributed by atoms with van der Waals surface area (Å²) in [6, 6.07) is 5.28. The fourth-order valence-electron chi connectivity index (χ4n) is 1.66. The Balaban J connectivity index is 3.14. The number of rotatable bonds is 4. The first kappa shape index (κ1) is 14.3. The molecule has 0 N–H and O–H groups in total. The van der Waals surface area contributed by atoms with Gasteiger partial charge in [-0.2, -0.15) is 18.4 Å². The third-order valence-corrected chi connectivity index (χ3v) is 2.31. The third-order valence-electron chi connectivity index (χ3n) is 2.31. The Kier molecular flexibility index (Phi) is 4.54. The number of hydrogen-bond acceptors (Lipinski definition) is 2. The summed E-state index contributed by atoms with van der Waals surface area (Å²) in [5.41, 5.74) is -0.369. The molecule has 0 radical (unpaired) electrons. The molecule has 0 atom stereocenters. The minimum Gasteiger partial charge on any atom is -0.361 e. The molecule has 6 heteroatoms. The zero-order valence-corrected chi connectivity index (χ0v) is 9.76. The van der Waals surface area contributed by atoms with Crippen LogP contribution in [0.3, 0.4) is 0 Å². The molecule has 2 nitrogen and oxygen atoms in total. The van der Waals surface area contributed by atoms with Gasteiger partial charge in [-0.15, -0.1) is 0 Å². The summed E-state index contributed by atoms with van der Waals surface area (Å²) >= 11 is 0. The molecule has 0 heterocycles. The molecular formula is C12H12F4N2. The van der Waals surface area contributed by atoms with E-state index in [2.05, 4.69) is 0 Å². The Morgan fingerprint density at radius 3 is 2.50 bits per heavy atom. The first-order chi connectivity index (χ1) is 8.39. The maximum absolute atomic E-state index is 13.4. The number of nitrogens with zero attached hydrogens (tertiary/aromatic N) is 2. The second kappa shape index (κ2) is 5.71. The van der Waals surface area contributed by atoms with Gasteiger partial charge in [0.25, 0.3) is 0 Å². The SMILES string of the molecule is CCCN(CC(F)(F)F)c1cccc(F)c1C#N. The van der Waals surface area contributed by atoms with Gasteiger partial charge < -0.3 is 4.90 Å². The van der Waals surface area contributed by atoms with Crippen LogP contribution in [0.5, 0.6) is 0 Å². The zero-order valence-electron chi connectivity index (χ0n) is 9.76. The van der Waals surface area contributed by atoms with Gasteiger partial charge in [-0.25, -0.2) is 4.39 Å². The molecule has 1 aromatic carbocycles. The van der Waals surface area contributed by atoms with E-state index >= 15 is 0 Å². The lowest BCUT2D eigenvalue weighted by atomic mass is 10.1. The topological polar surface area (TPSA) is 27.0 Å². The summed E-state index contributed by atoms with van der Waals surface area (Å²) < 4.78 is 50.7. The highest BCUT2D eigenvalue weighted by molar-refractivity contribution is 5.60. The average Bonchev–Trinajstić information content (AvgIpc) is 2.26. The van der Waals surface area contributed by atoms with E-state index in [4.69, 9.17) is 5.26 Å². The van der Waals surface area contributed by atoms with Crippen molar-refractivity contribution in [1.29, 1.82) is 5.26 Å². The maximum Gasteiger partial charge on any atom is 0.405 e. The van der Waals surface area contributed by atoms with Crippen LogP contribution < -0.4 is 4.90 Å². The number of alkyl halides is 3. The van der Waals surface area contributed by atoms with Gasteiger partial charge in [0.2, 0.25) is 0 Å². The molecule has 0 fully saturated rings. The summed E-state index contributed by atoms with van der Waals surface area (Å²) in [5.74, 6) is -0.807. The van der Waals surface area contributed by atoms with Crippen LogP contribution in [0.4, 0.5) is 23.2 Å². The van der Waals surface area contributed by atoms with E-state index in [1.54, 1.807) is 13.0 Å². The molecule has 0 aliphatic heterocycles. The highest BCUT2D eigenvalue weighted by Gasteiger charge is 2.31. The van der Waals surface area contributed by atoms with Crippen LogP contribution in [-0.2, 0) is 0 Å². The molecule has 1 rings (SSSR count). The van der Waals surface area contributed by atoms with Crippen LogP contribution in [0.2, 0.25) is 0 Å². The molecule has 0 spiro atoms. The number of benzene rings is 1. The molecular weight excluding hydrogens is 248 g/mol. The molecule has 0 saturated carbocycles. The Bertz CT molecular complexity index is 448. The maximum atomic E-state index is 13.4. The number of nitriles is 1. The van der Waals surface area contributed by atoms with Gasteiger partial charge in [0.1, 0.15) is 24.0 Å². The summed E-state index contributed by atoms with van der Waals surface area (Å²) in [5, 5.41) is 8.82. The molecule has 0 aliphatic rings. The van der Waals surface area contributed by atoms with Crippen molar-refractivity contribution in [3.8, 4) is 6.07 Å². The molecule has 0 unspecified atom stereocenters. The Labute approximate surface area is 102 Å². The van der Waals surface area contributed by atoms with Crippen molar-refractivity contribution in [3.63, 3.8) is 0 Å². The summed E-state index contributed by atoms with van der Waals surface area (Å²) in [7, 11) is 0. The molecule has 0 aromatic heterocycles. The normalized spacial score (nSPS) is 11.1. The lowest BCUT2D eigenvalue weighted by Gasteiger charge is -2.26. The van der Waals surface area contributed by atoms with Gasteiger partial charge >= 0.3 is 6.18 Å². The van der Waals surface area contributed by atoms with Crippen molar-refractivity contribution in [2.24, 2.45) is 0 Å². The summed E-state index contributed by atoms with van der Waals surface area (Å²) in [6.45, 7) is 0.630. The van der Waals surface area contributed by atoms with Crippen molar-refractivity contribution in [2.75, 3.05) is 18.0 Å². The van der Waals surface area contributed by atoms with Crippen molar-refractivity contribution in [1.82, 2.24) is 0 Å². The number of hydrogen-bond donors (Lipinski definition) is 0. The minimum atomic E-state index is -4.39. The lowest BCUT2D eigenvalue weighted by Crippen LogP contribution is -2.35. The molecule has 0 amide bonds. The van der Waals surface area contributed by atoms with Gasteiger partial charge in [-0.3, -0.25) is 0 Å². The highest BCUT2D eigenvalue weighted by Crippen LogP contribution is 2.26. The average molecular weight is 260 g/mol. The highest BCUT2D eigenvalue weighted by atomic mass is 19.4. The Morgan fingerprint density at radius 2 is 2.00 bits per heavy atom. The van der Waals surface area contributed by atoms with Crippen LogP contribution >= 0.6 is 0 Å². The van der Waals surface area contributed by atoms with Gasteiger partial charge in [-0.05, 0) is 18.6 Å². The molecule has 0 saturated heterocycles. The van der Waals surface area contributed by atoms with E-state index in [9.17, 15) is 17.6 Å². The van der Waals surface area contributed by atoms with Gasteiger partial charge in [0, 0.05) is 6.54 Å². The van der Waals surface area contributed by atoms with Crippen molar-refractivity contribution in [2.45, 2.75) is 19.5 Å². The lowest BCUT2D eigenvalue weighted by molar-refractivity contribution is -0.119. The predicted octanol–water partition coefficient (Wildman–Crippen LogP) is 3.48. The van der Waals surface area contributed by atoms with Gasteiger partial charge in [-0.1, -0.05) is 13.0 Å². The monoisotopic (exact) mass is 260 g/mol. The van der Waals surface area contributed by atoms with Crippen LogP contribution in [0.1, 0.15) is 18.9 Å². The second-order valence-electron chi connectivity index (χ2n) is 3.78. The Morgan fingerprint density at radius 1 is 1.33 bits per heavy atom. The number of halogens is 4. The van der Waals surface area contributed by atoms with Gasteiger partial charge in [0.05, 0.1) is 5.69 Å². The molecule has 0 aliphatic carbocycles. The number of anilines is 1. The summed E-state index contributed by atoms with van der Waals surface area (Å²) in [6.07, 6.45) is -3.92. The van der Waals surface area contributed by atoms with E-state index in [-0.39, 0.29) is 17.8 Å². The molecule has 0 bridgehead atoms. The molecule has 18 heavy (non-hydrogen) atoms. The fraction of sp³-hybridized carbons (Fsp3) is 0.417. The van der Waals surface area contributed by atoms with E-state index in [0.29, 0.717) is 6.42 Å². The minimum absolute atomic E-state index is 0.0170. The van der Waals surface area contributed by atoms with E-state index in [1.807, 2.05) is 0 Å². The molecule has 98 valence electrons. The first-order valence-corrected chi connectivity index (χ1v) is 5.39. The largest absolute Gasteiger partial charge is 0.405 e. The second-order valence-corrected chi connectivity index (χ2v) is 3.78. The summed E-state index contributed by atoms with van der Waals surface area (Å²) in [4.78, 5) is 0.974. The van der Waals surface area contributed by atoms with E-state index in [0.717, 1.165) is 11.0 Å². The van der Waals surface area contributed by atoms with E-state index in [1.165, 1.54) is 12.1 Å². The van der Waals surface area contributed by atoms with Crippen LogP contribution in [0.25, 0.3) is 0 Å². The fourth-order valence-corrected chi connectivity index (χ4v) is 1.66. The van der Waals surface area contributed by atoms with Crippen molar-refractivity contribution < 1.29 is 17.6 Å². The standard InChI is InChI=1S/C12H12F4N2/c1-2-6-18(8-12(14,15)16)11-5-3-4-10(13)9(11)7-17/h3-5H,2,6,8H2,1H3. The van der Waals surface area contributed by atoms with Crippen molar-refractivity contribution in [3.05, 3.63) is 29.6 Å². The predicted molar refractivity (Wildman–Crippen MR) is 59.7 cm³/mol.